The highest BCUT2D eigenvalue weighted by atomic mass is 16.3. The predicted octanol–water partition coefficient (Wildman–Crippen LogP) is 4.68. The molecule has 0 spiro atoms. The lowest BCUT2D eigenvalue weighted by Gasteiger charge is -2.44. The molecule has 0 aliphatic heterocycles. The lowest BCUT2D eigenvalue weighted by Crippen LogP contribution is -2.36. The smallest absolute Gasteiger partial charge is 0.0849 e. The quantitative estimate of drug-likeness (QED) is 0.471. The topological polar surface area (TPSA) is 80.9 Å². The third-order valence-corrected chi connectivity index (χ3v) is 8.70. The van der Waals surface area contributed by atoms with Gasteiger partial charge in [-0.2, -0.15) is 0 Å². The number of allylic oxidation sites excluding steroid dienone is 3. The Hall–Kier alpha value is -0.940. The second-order valence-electron chi connectivity index (χ2n) is 11.2. The summed E-state index contributed by atoms with van der Waals surface area (Å²) in [4.78, 5) is 0. The molecule has 3 saturated carbocycles. The SMILES string of the molecule is C=C1/C(=C\C=C2/CCC[C@]3(C)[C@@H]([C@H](C)CCC[C@@](C)(O)CO)CC[C@@H]23)C[C@H](O)C[C@H]1O. The standard InChI is InChI=1S/C27H44O4/c1-18(7-5-13-26(3,31)17-28)23-11-12-24-20(8-6-14-27(23,24)4)9-10-21-15-22(29)16-25(30)19(21)2/h9-10,18,22-25,28-31H,2,5-8,11-17H2,1,3-4H3/b20-9+,21-10-/t18-,22+,23-,24+,25-,26-,27-/m1/s1. The zero-order valence-electron chi connectivity index (χ0n) is 19.8. The molecular weight excluding hydrogens is 388 g/mol. The highest BCUT2D eigenvalue weighted by molar-refractivity contribution is 5.38. The lowest BCUT2D eigenvalue weighted by molar-refractivity contribution is -0.00891. The van der Waals surface area contributed by atoms with Crippen molar-refractivity contribution in [2.45, 2.75) is 103 Å². The largest absolute Gasteiger partial charge is 0.393 e. The van der Waals surface area contributed by atoms with E-state index in [1.807, 2.05) is 0 Å². The summed E-state index contributed by atoms with van der Waals surface area (Å²) in [6, 6.07) is 0. The molecule has 0 aromatic rings. The van der Waals surface area contributed by atoms with Crippen LogP contribution in [-0.4, -0.2) is 44.8 Å². The van der Waals surface area contributed by atoms with Crippen LogP contribution in [0.15, 0.2) is 35.5 Å². The zero-order valence-corrected chi connectivity index (χ0v) is 19.8. The van der Waals surface area contributed by atoms with E-state index in [0.717, 1.165) is 30.4 Å². The van der Waals surface area contributed by atoms with Crippen molar-refractivity contribution in [2.24, 2.45) is 23.2 Å². The molecule has 3 aliphatic rings. The molecule has 0 saturated heterocycles. The van der Waals surface area contributed by atoms with Gasteiger partial charge in [0.05, 0.1) is 24.4 Å². The van der Waals surface area contributed by atoms with Crippen molar-refractivity contribution in [3.05, 3.63) is 35.5 Å². The fourth-order valence-corrected chi connectivity index (χ4v) is 6.76. The highest BCUT2D eigenvalue weighted by Crippen LogP contribution is 2.60. The molecule has 0 amide bonds. The number of hydrogen-bond acceptors (Lipinski definition) is 4. The highest BCUT2D eigenvalue weighted by Gasteiger charge is 2.50. The molecule has 31 heavy (non-hydrogen) atoms. The van der Waals surface area contributed by atoms with Gasteiger partial charge in [0.25, 0.3) is 0 Å². The summed E-state index contributed by atoms with van der Waals surface area (Å²) >= 11 is 0. The van der Waals surface area contributed by atoms with Gasteiger partial charge in [0.2, 0.25) is 0 Å². The van der Waals surface area contributed by atoms with E-state index in [1.54, 1.807) is 6.92 Å². The van der Waals surface area contributed by atoms with E-state index in [0.29, 0.717) is 42.4 Å². The lowest BCUT2D eigenvalue weighted by atomic mass is 9.60. The summed E-state index contributed by atoms with van der Waals surface area (Å²) in [6.07, 6.45) is 13.1. The van der Waals surface area contributed by atoms with Crippen molar-refractivity contribution in [3.63, 3.8) is 0 Å². The molecule has 0 heterocycles. The van der Waals surface area contributed by atoms with Crippen LogP contribution in [0.1, 0.15) is 85.0 Å². The monoisotopic (exact) mass is 432 g/mol. The van der Waals surface area contributed by atoms with Crippen LogP contribution >= 0.6 is 0 Å². The van der Waals surface area contributed by atoms with Crippen molar-refractivity contribution in [1.82, 2.24) is 0 Å². The normalized spacial score (nSPS) is 39.5. The maximum Gasteiger partial charge on any atom is 0.0849 e. The fraction of sp³-hybridized carbons (Fsp3) is 0.778. The van der Waals surface area contributed by atoms with Crippen molar-refractivity contribution in [3.8, 4) is 0 Å². The Morgan fingerprint density at radius 1 is 1.26 bits per heavy atom. The Balaban J connectivity index is 1.68. The average molecular weight is 433 g/mol. The third kappa shape index (κ3) is 5.52. The summed E-state index contributed by atoms with van der Waals surface area (Å²) in [5, 5.41) is 39.5. The maximum atomic E-state index is 10.1. The van der Waals surface area contributed by atoms with Gasteiger partial charge in [0, 0.05) is 6.42 Å². The first kappa shape index (κ1) is 24.7. The molecule has 4 heteroatoms. The van der Waals surface area contributed by atoms with E-state index in [1.165, 1.54) is 31.3 Å². The van der Waals surface area contributed by atoms with Crippen LogP contribution in [-0.2, 0) is 0 Å². The molecule has 4 N–H and O–H groups in total. The Bertz CT molecular complexity index is 706. The van der Waals surface area contributed by atoms with Gasteiger partial charge >= 0.3 is 0 Å². The zero-order chi connectivity index (χ0) is 22.8. The van der Waals surface area contributed by atoms with Crippen LogP contribution in [0.25, 0.3) is 0 Å². The molecule has 7 atom stereocenters. The summed E-state index contributed by atoms with van der Waals surface area (Å²) in [7, 11) is 0. The van der Waals surface area contributed by atoms with Crippen LogP contribution in [0.3, 0.4) is 0 Å². The number of aliphatic hydroxyl groups is 4. The van der Waals surface area contributed by atoms with E-state index < -0.39 is 17.8 Å². The minimum atomic E-state index is -0.958. The second-order valence-corrected chi connectivity index (χ2v) is 11.2. The van der Waals surface area contributed by atoms with Gasteiger partial charge in [-0.05, 0) is 86.2 Å². The predicted molar refractivity (Wildman–Crippen MR) is 125 cm³/mol. The van der Waals surface area contributed by atoms with Gasteiger partial charge in [-0.25, -0.2) is 0 Å². The van der Waals surface area contributed by atoms with Crippen LogP contribution in [0.4, 0.5) is 0 Å². The number of rotatable bonds is 7. The average Bonchev–Trinajstić information content (AvgIpc) is 3.07. The van der Waals surface area contributed by atoms with E-state index in [2.05, 4.69) is 32.6 Å². The van der Waals surface area contributed by atoms with E-state index in [-0.39, 0.29) is 6.61 Å². The first-order chi connectivity index (χ1) is 14.6. The minimum absolute atomic E-state index is 0.172. The van der Waals surface area contributed by atoms with Gasteiger partial charge in [-0.3, -0.25) is 0 Å². The van der Waals surface area contributed by atoms with Gasteiger partial charge in [-0.1, -0.05) is 51.0 Å². The van der Waals surface area contributed by atoms with E-state index >= 15 is 0 Å². The minimum Gasteiger partial charge on any atom is -0.393 e. The van der Waals surface area contributed by atoms with Crippen LogP contribution in [0, 0.1) is 23.2 Å². The molecule has 176 valence electrons. The number of aliphatic hydroxyl groups excluding tert-OH is 3. The first-order valence-electron chi connectivity index (χ1n) is 12.4. The van der Waals surface area contributed by atoms with Gasteiger partial charge in [0.15, 0.2) is 0 Å². The first-order valence-corrected chi connectivity index (χ1v) is 12.4. The molecule has 0 unspecified atom stereocenters. The van der Waals surface area contributed by atoms with E-state index in [4.69, 9.17) is 0 Å². The Labute approximate surface area is 188 Å². The molecule has 0 aromatic heterocycles. The van der Waals surface area contributed by atoms with E-state index in [9.17, 15) is 20.4 Å². The van der Waals surface area contributed by atoms with Gasteiger partial charge in [0.1, 0.15) is 0 Å². The molecule has 3 fully saturated rings. The van der Waals surface area contributed by atoms with Crippen LogP contribution in [0.2, 0.25) is 0 Å². The summed E-state index contributed by atoms with van der Waals surface area (Å²) in [5.74, 6) is 1.92. The summed E-state index contributed by atoms with van der Waals surface area (Å²) < 4.78 is 0. The van der Waals surface area contributed by atoms with Gasteiger partial charge < -0.3 is 20.4 Å². The van der Waals surface area contributed by atoms with Crippen LogP contribution in [0.5, 0.6) is 0 Å². The van der Waals surface area contributed by atoms with Crippen molar-refractivity contribution in [1.29, 1.82) is 0 Å². The molecule has 0 bridgehead atoms. The Kier molecular flexibility index (Phi) is 7.89. The molecule has 4 nitrogen and oxygen atoms in total. The molecular formula is C27H44O4. The maximum absolute atomic E-state index is 10.1. The Morgan fingerprint density at radius 3 is 2.71 bits per heavy atom. The molecule has 0 aromatic carbocycles. The fourth-order valence-electron chi connectivity index (χ4n) is 6.76. The third-order valence-electron chi connectivity index (χ3n) is 8.70. The summed E-state index contributed by atoms with van der Waals surface area (Å²) in [6.45, 7) is 10.5. The molecule has 3 aliphatic carbocycles. The number of fused-ring (bicyclic) bond motifs is 1. The van der Waals surface area contributed by atoms with Crippen molar-refractivity contribution in [2.75, 3.05) is 6.61 Å². The van der Waals surface area contributed by atoms with Crippen molar-refractivity contribution >= 4 is 0 Å². The second kappa shape index (κ2) is 9.91. The van der Waals surface area contributed by atoms with Crippen molar-refractivity contribution < 1.29 is 20.4 Å². The number of hydrogen-bond donors (Lipinski definition) is 4. The molecule has 3 rings (SSSR count). The van der Waals surface area contributed by atoms with Crippen LogP contribution < -0.4 is 0 Å². The Morgan fingerprint density at radius 2 is 2.00 bits per heavy atom. The molecule has 0 radical (unpaired) electrons. The van der Waals surface area contributed by atoms with Gasteiger partial charge in [-0.15, -0.1) is 0 Å². The summed E-state index contributed by atoms with van der Waals surface area (Å²) in [5.41, 5.74) is 2.65.